The van der Waals surface area contributed by atoms with E-state index in [1.165, 1.54) is 173 Å². The van der Waals surface area contributed by atoms with Gasteiger partial charge in [-0.1, -0.05) is 211 Å². The van der Waals surface area contributed by atoms with Crippen molar-refractivity contribution in [3.63, 3.8) is 0 Å². The van der Waals surface area contributed by atoms with E-state index in [1.54, 1.807) is 0 Å². The molecular weight excluding hydrogens is 845 g/mol. The monoisotopic (exact) mass is 949 g/mol. The summed E-state index contributed by atoms with van der Waals surface area (Å²) < 4.78 is 22.3. The molecule has 10 nitrogen and oxygen atoms in total. The highest BCUT2D eigenvalue weighted by atomic mass is 16.7. The van der Waals surface area contributed by atoms with Crippen molar-refractivity contribution in [2.75, 3.05) is 19.8 Å². The van der Waals surface area contributed by atoms with Gasteiger partial charge in [0.2, 0.25) is 0 Å². The average Bonchev–Trinajstić information content (AvgIpc) is 3.33. The molecule has 0 radical (unpaired) electrons. The van der Waals surface area contributed by atoms with Crippen molar-refractivity contribution >= 4 is 11.9 Å². The predicted octanol–water partition coefficient (Wildman–Crippen LogP) is 13.8. The van der Waals surface area contributed by atoms with E-state index >= 15 is 0 Å². The first-order chi connectivity index (χ1) is 32.8. The molecular formula is C57H104O10. The van der Waals surface area contributed by atoms with Crippen LogP contribution in [0.5, 0.6) is 0 Å². The highest BCUT2D eigenvalue weighted by molar-refractivity contribution is 5.70. The molecule has 0 bridgehead atoms. The zero-order valence-electron chi connectivity index (χ0n) is 43.2. The van der Waals surface area contributed by atoms with E-state index in [-0.39, 0.29) is 32.0 Å². The molecule has 392 valence electrons. The van der Waals surface area contributed by atoms with Crippen molar-refractivity contribution in [3.05, 3.63) is 36.5 Å². The van der Waals surface area contributed by atoms with Crippen LogP contribution in [0.15, 0.2) is 36.5 Å². The lowest BCUT2D eigenvalue weighted by molar-refractivity contribution is -0.305. The molecule has 4 N–H and O–H groups in total. The Labute approximate surface area is 410 Å². The molecule has 0 aromatic heterocycles. The van der Waals surface area contributed by atoms with E-state index in [4.69, 9.17) is 18.9 Å². The third kappa shape index (κ3) is 38.4. The standard InChI is InChI=1S/C57H104O10/c1-3-5-7-9-11-13-15-17-19-21-23-24-25-26-28-30-32-34-36-38-40-42-44-46-53(60)66-50(49-65-57-56(63)55(62)54(61)51(47-58)67-57)48-64-52(59)45-43-41-39-37-35-33-31-29-27-22-20-18-16-14-12-10-8-6-4-2/h15,17-18,20-21,23,50-51,54-58,61-63H,3-14,16,19,22,24-49H2,1-2H3/b17-15-,20-18-,23-21-. The van der Waals surface area contributed by atoms with Crippen LogP contribution >= 0.6 is 0 Å². The topological polar surface area (TPSA) is 152 Å². The van der Waals surface area contributed by atoms with Gasteiger partial charge in [0.05, 0.1) is 13.2 Å². The van der Waals surface area contributed by atoms with Crippen LogP contribution in [0.3, 0.4) is 0 Å². The van der Waals surface area contributed by atoms with Gasteiger partial charge in [-0.25, -0.2) is 0 Å². The lowest BCUT2D eigenvalue weighted by Crippen LogP contribution is -2.59. The number of unbranched alkanes of at least 4 members (excludes halogenated alkanes) is 31. The summed E-state index contributed by atoms with van der Waals surface area (Å²) in [6.45, 7) is 3.45. The van der Waals surface area contributed by atoms with Crippen LogP contribution in [0.25, 0.3) is 0 Å². The van der Waals surface area contributed by atoms with Gasteiger partial charge in [-0.2, -0.15) is 0 Å². The van der Waals surface area contributed by atoms with Crippen LogP contribution in [-0.2, 0) is 28.5 Å². The summed E-state index contributed by atoms with van der Waals surface area (Å²) in [6.07, 6.45) is 50.1. The molecule has 6 atom stereocenters. The first-order valence-electron chi connectivity index (χ1n) is 28.1. The van der Waals surface area contributed by atoms with Gasteiger partial charge in [0.1, 0.15) is 31.0 Å². The summed E-state index contributed by atoms with van der Waals surface area (Å²) >= 11 is 0. The third-order valence-electron chi connectivity index (χ3n) is 13.0. The second kappa shape index (κ2) is 47.6. The highest BCUT2D eigenvalue weighted by Crippen LogP contribution is 2.23. The van der Waals surface area contributed by atoms with Gasteiger partial charge in [-0.15, -0.1) is 0 Å². The summed E-state index contributed by atoms with van der Waals surface area (Å²) in [5.74, 6) is -0.801. The van der Waals surface area contributed by atoms with Gasteiger partial charge >= 0.3 is 11.9 Å². The van der Waals surface area contributed by atoms with Crippen LogP contribution in [0.4, 0.5) is 0 Å². The molecule has 0 aromatic rings. The Balaban J connectivity index is 2.22. The normalized spacial score (nSPS) is 19.3. The molecule has 1 heterocycles. The largest absolute Gasteiger partial charge is 0.462 e. The van der Waals surface area contributed by atoms with Crippen molar-refractivity contribution in [3.8, 4) is 0 Å². The molecule has 0 aromatic carbocycles. The number of allylic oxidation sites excluding steroid dienone is 6. The minimum absolute atomic E-state index is 0.217. The van der Waals surface area contributed by atoms with Crippen molar-refractivity contribution in [2.24, 2.45) is 0 Å². The zero-order valence-corrected chi connectivity index (χ0v) is 43.2. The summed E-state index contributed by atoms with van der Waals surface area (Å²) in [6, 6.07) is 0. The number of esters is 2. The maximum absolute atomic E-state index is 12.9. The molecule has 1 fully saturated rings. The average molecular weight is 949 g/mol. The van der Waals surface area contributed by atoms with Crippen molar-refractivity contribution in [1.82, 2.24) is 0 Å². The Bertz CT molecular complexity index is 1190. The summed E-state index contributed by atoms with van der Waals surface area (Å²) in [7, 11) is 0. The molecule has 0 saturated carbocycles. The van der Waals surface area contributed by atoms with Crippen LogP contribution in [0, 0.1) is 0 Å². The quantitative estimate of drug-likeness (QED) is 0.0263. The number of hydrogen-bond donors (Lipinski definition) is 4. The number of rotatable bonds is 48. The second-order valence-electron chi connectivity index (χ2n) is 19.4. The molecule has 0 spiro atoms. The maximum atomic E-state index is 12.9. The van der Waals surface area contributed by atoms with Gasteiger partial charge in [0.15, 0.2) is 12.4 Å². The molecule has 67 heavy (non-hydrogen) atoms. The Morgan fingerprint density at radius 1 is 0.463 bits per heavy atom. The summed E-state index contributed by atoms with van der Waals surface area (Å²) in [5, 5.41) is 40.3. The molecule has 6 unspecified atom stereocenters. The lowest BCUT2D eigenvalue weighted by atomic mass is 9.99. The fraction of sp³-hybridized carbons (Fsp3) is 0.860. The van der Waals surface area contributed by atoms with Crippen LogP contribution in [0.1, 0.15) is 258 Å². The Morgan fingerprint density at radius 3 is 1.25 bits per heavy atom. The Kier molecular flexibility index (Phi) is 44.7. The lowest BCUT2D eigenvalue weighted by Gasteiger charge is -2.39. The summed E-state index contributed by atoms with van der Waals surface area (Å²) in [4.78, 5) is 25.5. The van der Waals surface area contributed by atoms with Gasteiger partial charge in [-0.05, 0) is 70.6 Å². The zero-order chi connectivity index (χ0) is 48.7. The van der Waals surface area contributed by atoms with Crippen LogP contribution < -0.4 is 0 Å². The van der Waals surface area contributed by atoms with Crippen LogP contribution in [0.2, 0.25) is 0 Å². The van der Waals surface area contributed by atoms with Gasteiger partial charge in [0, 0.05) is 12.8 Å². The molecule has 0 amide bonds. The number of carbonyl (C=O) groups is 2. The predicted molar refractivity (Wildman–Crippen MR) is 275 cm³/mol. The molecule has 10 heteroatoms. The smallest absolute Gasteiger partial charge is 0.306 e. The minimum Gasteiger partial charge on any atom is -0.462 e. The SMILES string of the molecule is CCCCCCC/C=C\C/C=C\CCCCCCCCCCCCCC(=O)OC(COC(=O)CCCCCCCCCCC/C=C\CCCCCCCC)COC1OC(CO)C(O)C(O)C1O. The Morgan fingerprint density at radius 2 is 0.836 bits per heavy atom. The second-order valence-corrected chi connectivity index (χ2v) is 19.4. The van der Waals surface area contributed by atoms with E-state index in [1.807, 2.05) is 0 Å². The fourth-order valence-corrected chi connectivity index (χ4v) is 8.57. The van der Waals surface area contributed by atoms with Crippen LogP contribution in [-0.4, -0.2) is 89.0 Å². The van der Waals surface area contributed by atoms with E-state index < -0.39 is 49.4 Å². The number of aliphatic hydroxyl groups excluding tert-OH is 4. The number of hydrogen-bond acceptors (Lipinski definition) is 10. The molecule has 1 rings (SSSR count). The van der Waals surface area contributed by atoms with Gasteiger partial charge in [-0.3, -0.25) is 9.59 Å². The van der Waals surface area contributed by atoms with Gasteiger partial charge < -0.3 is 39.4 Å². The number of carbonyl (C=O) groups excluding carboxylic acids is 2. The van der Waals surface area contributed by atoms with Crippen molar-refractivity contribution in [1.29, 1.82) is 0 Å². The maximum Gasteiger partial charge on any atom is 0.306 e. The first-order valence-corrected chi connectivity index (χ1v) is 28.1. The van der Waals surface area contributed by atoms with E-state index in [9.17, 15) is 30.0 Å². The summed E-state index contributed by atoms with van der Waals surface area (Å²) in [5.41, 5.74) is 0. The fourth-order valence-electron chi connectivity index (χ4n) is 8.57. The molecule has 1 saturated heterocycles. The van der Waals surface area contributed by atoms with Gasteiger partial charge in [0.25, 0.3) is 0 Å². The van der Waals surface area contributed by atoms with Crippen molar-refractivity contribution in [2.45, 2.75) is 295 Å². The Hall–Kier alpha value is -2.08. The number of aliphatic hydroxyl groups is 4. The van der Waals surface area contributed by atoms with E-state index in [0.717, 1.165) is 51.4 Å². The van der Waals surface area contributed by atoms with E-state index in [0.29, 0.717) is 6.42 Å². The molecule has 1 aliphatic rings. The van der Waals surface area contributed by atoms with E-state index in [2.05, 4.69) is 50.3 Å². The first kappa shape index (κ1) is 62.9. The minimum atomic E-state index is -1.60. The highest BCUT2D eigenvalue weighted by Gasteiger charge is 2.44. The number of ether oxygens (including phenoxy) is 4. The molecule has 1 aliphatic heterocycles. The molecule has 0 aliphatic carbocycles. The van der Waals surface area contributed by atoms with Crippen molar-refractivity contribution < 1.29 is 49.0 Å². The third-order valence-corrected chi connectivity index (χ3v) is 13.0.